The van der Waals surface area contributed by atoms with E-state index < -0.39 is 0 Å². The van der Waals surface area contributed by atoms with Gasteiger partial charge in [0, 0.05) is 23.5 Å². The van der Waals surface area contributed by atoms with E-state index in [2.05, 4.69) is 4.98 Å². The summed E-state index contributed by atoms with van der Waals surface area (Å²) in [6.07, 6.45) is 3.77. The first-order chi connectivity index (χ1) is 8.65. The summed E-state index contributed by atoms with van der Waals surface area (Å²) in [4.78, 5) is 28.2. The molecule has 2 bridgehead atoms. The van der Waals surface area contributed by atoms with Gasteiger partial charge in [-0.3, -0.25) is 9.59 Å². The minimum Gasteiger partial charge on any atom is -0.331 e. The number of rotatable bonds is 1. The molecule has 0 spiro atoms. The van der Waals surface area contributed by atoms with Gasteiger partial charge in [0.15, 0.2) is 0 Å². The number of aromatic nitrogens is 1. The van der Waals surface area contributed by atoms with E-state index in [9.17, 15) is 9.59 Å². The predicted molar refractivity (Wildman–Crippen MR) is 68.9 cm³/mol. The highest BCUT2D eigenvalue weighted by molar-refractivity contribution is 6.20. The van der Waals surface area contributed by atoms with E-state index in [-0.39, 0.29) is 28.9 Å². The molecule has 0 aliphatic carbocycles. The lowest BCUT2D eigenvalue weighted by Crippen LogP contribution is -2.47. The van der Waals surface area contributed by atoms with Gasteiger partial charge in [0.25, 0.3) is 5.91 Å². The third-order valence-electron chi connectivity index (χ3n) is 3.91. The maximum atomic E-state index is 12.4. The second-order valence-electron chi connectivity index (χ2n) is 5.09. The molecule has 18 heavy (non-hydrogen) atoms. The van der Waals surface area contributed by atoms with E-state index in [0.717, 1.165) is 25.7 Å². The number of H-pyrrole nitrogens is 1. The summed E-state index contributed by atoms with van der Waals surface area (Å²) < 4.78 is 0. The van der Waals surface area contributed by atoms with Crippen LogP contribution in [0, 0.1) is 0 Å². The Hall–Kier alpha value is -1.29. The third kappa shape index (κ3) is 1.94. The van der Waals surface area contributed by atoms with Crippen molar-refractivity contribution in [2.75, 3.05) is 0 Å². The molecule has 96 valence electrons. The first kappa shape index (κ1) is 11.8. The average molecular weight is 267 g/mol. The Morgan fingerprint density at radius 1 is 1.28 bits per heavy atom. The van der Waals surface area contributed by atoms with Gasteiger partial charge in [-0.15, -0.1) is 11.6 Å². The second kappa shape index (κ2) is 4.43. The van der Waals surface area contributed by atoms with Crippen molar-refractivity contribution < 1.29 is 4.79 Å². The molecule has 2 unspecified atom stereocenters. The smallest absolute Gasteiger partial charge is 0.270 e. The van der Waals surface area contributed by atoms with Crippen LogP contribution in [0.5, 0.6) is 0 Å². The number of nitrogens with zero attached hydrogens (tertiary/aromatic N) is 1. The number of hydrogen-bond acceptors (Lipinski definition) is 2. The van der Waals surface area contributed by atoms with E-state index in [1.165, 1.54) is 6.07 Å². The Labute approximate surface area is 110 Å². The molecular formula is C13H15ClN2O2. The Bertz CT molecular complexity index is 514. The van der Waals surface area contributed by atoms with Gasteiger partial charge >= 0.3 is 0 Å². The minimum absolute atomic E-state index is 0.0660. The standard InChI is InChI=1S/C13H15ClN2O2/c14-8-6-9-4-5-10(7-8)16(9)13(18)11-2-1-3-12(17)15-11/h1-3,8-10H,4-7H2,(H,15,17). The zero-order valence-electron chi connectivity index (χ0n) is 9.93. The molecular weight excluding hydrogens is 252 g/mol. The van der Waals surface area contributed by atoms with Gasteiger partial charge in [-0.1, -0.05) is 6.07 Å². The number of amides is 1. The molecule has 2 aliphatic rings. The van der Waals surface area contributed by atoms with Gasteiger partial charge < -0.3 is 9.88 Å². The van der Waals surface area contributed by atoms with Crippen molar-refractivity contribution in [3.8, 4) is 0 Å². The monoisotopic (exact) mass is 266 g/mol. The Kier molecular flexibility index (Phi) is 2.90. The lowest BCUT2D eigenvalue weighted by molar-refractivity contribution is 0.0593. The van der Waals surface area contributed by atoms with Crippen LogP contribution in [0.1, 0.15) is 36.2 Å². The van der Waals surface area contributed by atoms with Gasteiger partial charge in [0.2, 0.25) is 5.56 Å². The summed E-state index contributed by atoms with van der Waals surface area (Å²) in [5, 5.41) is 0.182. The molecule has 2 saturated heterocycles. The summed E-state index contributed by atoms with van der Waals surface area (Å²) in [5.74, 6) is -0.0660. The zero-order chi connectivity index (χ0) is 12.7. The molecule has 1 aromatic rings. The molecule has 2 aliphatic heterocycles. The van der Waals surface area contributed by atoms with Crippen molar-refractivity contribution in [1.29, 1.82) is 0 Å². The topological polar surface area (TPSA) is 53.2 Å². The number of carbonyl (C=O) groups is 1. The van der Waals surface area contributed by atoms with Crippen LogP contribution in [0.2, 0.25) is 0 Å². The summed E-state index contributed by atoms with van der Waals surface area (Å²) in [5.41, 5.74) is 0.146. The number of aromatic amines is 1. The average Bonchev–Trinajstić information content (AvgIpc) is 2.61. The molecule has 0 aromatic carbocycles. The van der Waals surface area contributed by atoms with E-state index in [1.807, 2.05) is 4.90 Å². The molecule has 0 saturated carbocycles. The van der Waals surface area contributed by atoms with Crippen LogP contribution >= 0.6 is 11.6 Å². The number of hydrogen-bond donors (Lipinski definition) is 1. The van der Waals surface area contributed by atoms with Gasteiger partial charge in [0.1, 0.15) is 5.69 Å². The summed E-state index contributed by atoms with van der Waals surface area (Å²) in [6, 6.07) is 5.17. The highest BCUT2D eigenvalue weighted by Gasteiger charge is 2.43. The van der Waals surface area contributed by atoms with Crippen molar-refractivity contribution in [1.82, 2.24) is 9.88 Å². The number of carbonyl (C=O) groups excluding carboxylic acids is 1. The minimum atomic E-state index is -0.236. The Morgan fingerprint density at radius 2 is 1.94 bits per heavy atom. The number of alkyl halides is 1. The third-order valence-corrected chi connectivity index (χ3v) is 4.27. The molecule has 2 atom stereocenters. The van der Waals surface area contributed by atoms with Crippen molar-refractivity contribution in [2.24, 2.45) is 0 Å². The van der Waals surface area contributed by atoms with Crippen LogP contribution in [0.3, 0.4) is 0 Å². The molecule has 3 heterocycles. The van der Waals surface area contributed by atoms with Crippen LogP contribution in [0.4, 0.5) is 0 Å². The molecule has 1 aromatic heterocycles. The molecule has 5 heteroatoms. The number of pyridine rings is 1. The highest BCUT2D eigenvalue weighted by atomic mass is 35.5. The first-order valence-electron chi connectivity index (χ1n) is 6.31. The fraction of sp³-hybridized carbons (Fsp3) is 0.538. The lowest BCUT2D eigenvalue weighted by atomic mass is 10.0. The van der Waals surface area contributed by atoms with Crippen molar-refractivity contribution in [3.05, 3.63) is 34.2 Å². The molecule has 4 nitrogen and oxygen atoms in total. The zero-order valence-corrected chi connectivity index (χ0v) is 10.7. The molecule has 2 fully saturated rings. The first-order valence-corrected chi connectivity index (χ1v) is 6.75. The van der Waals surface area contributed by atoms with Crippen molar-refractivity contribution >= 4 is 17.5 Å². The summed E-state index contributed by atoms with van der Waals surface area (Å²) in [6.45, 7) is 0. The van der Waals surface area contributed by atoms with E-state index >= 15 is 0 Å². The van der Waals surface area contributed by atoms with E-state index in [0.29, 0.717) is 5.69 Å². The Morgan fingerprint density at radius 3 is 2.56 bits per heavy atom. The lowest BCUT2D eigenvalue weighted by Gasteiger charge is -2.36. The van der Waals surface area contributed by atoms with Gasteiger partial charge in [-0.25, -0.2) is 0 Å². The maximum Gasteiger partial charge on any atom is 0.270 e. The molecule has 3 rings (SSSR count). The second-order valence-corrected chi connectivity index (χ2v) is 5.71. The van der Waals surface area contributed by atoms with Crippen molar-refractivity contribution in [3.63, 3.8) is 0 Å². The van der Waals surface area contributed by atoms with Gasteiger partial charge in [0.05, 0.1) is 0 Å². The SMILES string of the molecule is O=C(c1cccc(=O)[nH]1)N1C2CCC1CC(Cl)C2. The fourth-order valence-corrected chi connectivity index (χ4v) is 3.57. The van der Waals surface area contributed by atoms with Crippen LogP contribution in [-0.4, -0.2) is 33.3 Å². The van der Waals surface area contributed by atoms with Crippen LogP contribution in [0.25, 0.3) is 0 Å². The fourth-order valence-electron chi connectivity index (χ4n) is 3.15. The van der Waals surface area contributed by atoms with E-state index in [4.69, 9.17) is 11.6 Å². The van der Waals surface area contributed by atoms with Crippen LogP contribution < -0.4 is 5.56 Å². The maximum absolute atomic E-state index is 12.4. The Balaban J connectivity index is 1.88. The quantitative estimate of drug-likeness (QED) is 0.788. The summed E-state index contributed by atoms with van der Waals surface area (Å²) >= 11 is 6.19. The normalized spacial score (nSPS) is 30.5. The largest absolute Gasteiger partial charge is 0.331 e. The van der Waals surface area contributed by atoms with Crippen LogP contribution in [-0.2, 0) is 0 Å². The number of fused-ring (bicyclic) bond motifs is 2. The van der Waals surface area contributed by atoms with Crippen LogP contribution in [0.15, 0.2) is 23.0 Å². The van der Waals surface area contributed by atoms with E-state index in [1.54, 1.807) is 12.1 Å². The number of nitrogens with one attached hydrogen (secondary N) is 1. The molecule has 1 amide bonds. The predicted octanol–water partition coefficient (Wildman–Crippen LogP) is 1.75. The highest BCUT2D eigenvalue weighted by Crippen LogP contribution is 2.38. The number of halogens is 1. The summed E-state index contributed by atoms with van der Waals surface area (Å²) in [7, 11) is 0. The van der Waals surface area contributed by atoms with Gasteiger partial charge in [-0.2, -0.15) is 0 Å². The van der Waals surface area contributed by atoms with Crippen molar-refractivity contribution in [2.45, 2.75) is 43.1 Å². The molecule has 1 N–H and O–H groups in total. The molecule has 0 radical (unpaired) electrons. The number of piperidine rings is 1. The van der Waals surface area contributed by atoms with Gasteiger partial charge in [-0.05, 0) is 31.7 Å².